The summed E-state index contributed by atoms with van der Waals surface area (Å²) in [5, 5.41) is 0. The molecule has 0 bridgehead atoms. The Morgan fingerprint density at radius 2 is 1.86 bits per heavy atom. The van der Waals surface area contributed by atoms with Crippen LogP contribution in [0.25, 0.3) is 10.2 Å². The maximum atomic E-state index is 14.3. The summed E-state index contributed by atoms with van der Waals surface area (Å²) in [6.07, 6.45) is 0. The number of thiazole rings is 1. The fourth-order valence-corrected chi connectivity index (χ4v) is 4.56. The zero-order chi connectivity index (χ0) is 21.2. The summed E-state index contributed by atoms with van der Waals surface area (Å²) in [5.41, 5.74) is 0.321. The lowest BCUT2D eigenvalue weighted by Crippen LogP contribution is -2.22. The molecule has 0 saturated carbocycles. The molecule has 0 aliphatic heterocycles. The second kappa shape index (κ2) is 8.26. The Kier molecular flexibility index (Phi) is 5.94. The molecule has 0 fully saturated rings. The van der Waals surface area contributed by atoms with Crippen LogP contribution in [0, 0.1) is 5.82 Å². The number of hydrogen-bond acceptors (Lipinski definition) is 6. The molecule has 0 N–H and O–H groups in total. The van der Waals surface area contributed by atoms with Crippen LogP contribution in [0.1, 0.15) is 17.3 Å². The van der Waals surface area contributed by atoms with Gasteiger partial charge in [-0.1, -0.05) is 24.3 Å². The van der Waals surface area contributed by atoms with Crippen molar-refractivity contribution in [3.8, 4) is 0 Å². The quantitative estimate of drug-likeness (QED) is 0.573. The number of carbonyl (C=O) groups is 2. The summed E-state index contributed by atoms with van der Waals surface area (Å²) in [7, 11) is -2.17. The number of amides is 1. The van der Waals surface area contributed by atoms with Gasteiger partial charge in [0.2, 0.25) is 0 Å². The monoisotopic (exact) mass is 436 g/mol. The maximum absolute atomic E-state index is 14.3. The van der Waals surface area contributed by atoms with E-state index in [0.29, 0.717) is 4.70 Å². The van der Waals surface area contributed by atoms with Crippen molar-refractivity contribution in [2.45, 2.75) is 18.4 Å². The molecule has 0 saturated heterocycles. The molecule has 0 radical (unpaired) electrons. The molecule has 0 aliphatic carbocycles. The first-order valence-electron chi connectivity index (χ1n) is 8.53. The van der Waals surface area contributed by atoms with Gasteiger partial charge in [0.1, 0.15) is 12.4 Å². The highest BCUT2D eigenvalue weighted by Gasteiger charge is 2.16. The van der Waals surface area contributed by atoms with E-state index in [4.69, 9.17) is 0 Å². The lowest BCUT2D eigenvalue weighted by molar-refractivity contribution is -0.141. The maximum Gasteiger partial charge on any atom is 0.325 e. The van der Waals surface area contributed by atoms with Gasteiger partial charge in [0.25, 0.3) is 5.91 Å². The molecule has 0 aliphatic rings. The van der Waals surface area contributed by atoms with Gasteiger partial charge in [-0.15, -0.1) is 0 Å². The second-order valence-electron chi connectivity index (χ2n) is 5.98. The van der Waals surface area contributed by atoms with Crippen molar-refractivity contribution in [1.29, 1.82) is 0 Å². The van der Waals surface area contributed by atoms with Crippen LogP contribution < -0.4 is 4.80 Å². The number of ether oxygens (including phenoxy) is 1. The van der Waals surface area contributed by atoms with Crippen LogP contribution in [0.5, 0.6) is 0 Å². The number of fused-ring (bicyclic) bond motifs is 1. The normalized spacial score (nSPS) is 12.3. The molecule has 1 amide bonds. The molecule has 29 heavy (non-hydrogen) atoms. The first-order chi connectivity index (χ1) is 13.8. The number of para-hydroxylation sites is 1. The smallest absolute Gasteiger partial charge is 0.325 e. The predicted molar refractivity (Wildman–Crippen MR) is 106 cm³/mol. The Balaban J connectivity index is 2.07. The topological polar surface area (TPSA) is 94.8 Å². The Labute approximate surface area is 170 Å². The van der Waals surface area contributed by atoms with Crippen molar-refractivity contribution in [2.24, 2.45) is 4.99 Å². The fraction of sp³-hybridized carbons (Fsp3) is 0.211. The number of hydrogen-bond donors (Lipinski definition) is 0. The van der Waals surface area contributed by atoms with E-state index >= 15 is 0 Å². The molecular weight excluding hydrogens is 419 g/mol. The number of benzene rings is 2. The van der Waals surface area contributed by atoms with Crippen LogP contribution in [0.3, 0.4) is 0 Å². The molecule has 7 nitrogen and oxygen atoms in total. The van der Waals surface area contributed by atoms with Crippen LogP contribution in [0.15, 0.2) is 52.4 Å². The Bertz CT molecular complexity index is 1260. The number of sulfone groups is 1. The van der Waals surface area contributed by atoms with E-state index in [1.165, 1.54) is 55.0 Å². The Morgan fingerprint density at radius 1 is 1.17 bits per heavy atom. The number of aromatic nitrogens is 1. The summed E-state index contributed by atoms with van der Waals surface area (Å²) < 4.78 is 44.6. The van der Waals surface area contributed by atoms with E-state index in [9.17, 15) is 22.4 Å². The highest BCUT2D eigenvalue weighted by molar-refractivity contribution is 7.91. The summed E-state index contributed by atoms with van der Waals surface area (Å²) >= 11 is 1.06. The van der Waals surface area contributed by atoms with Crippen molar-refractivity contribution in [1.82, 2.24) is 4.57 Å². The van der Waals surface area contributed by atoms with E-state index in [2.05, 4.69) is 9.73 Å². The number of carbonyl (C=O) groups excluding carboxylic acids is 2. The lowest BCUT2D eigenvalue weighted by atomic mass is 10.2. The first-order valence-corrected chi connectivity index (χ1v) is 11.0. The van der Waals surface area contributed by atoms with Crippen molar-refractivity contribution in [3.05, 3.63) is 58.6 Å². The number of esters is 1. The third kappa shape index (κ3) is 4.28. The third-order valence-electron chi connectivity index (χ3n) is 4.20. The van der Waals surface area contributed by atoms with Gasteiger partial charge in [0.05, 0.1) is 28.0 Å². The molecule has 0 atom stereocenters. The molecule has 0 spiro atoms. The average Bonchev–Trinajstić information content (AvgIpc) is 3.06. The van der Waals surface area contributed by atoms with E-state index in [0.717, 1.165) is 11.3 Å². The van der Waals surface area contributed by atoms with Gasteiger partial charge in [-0.05, 0) is 36.4 Å². The summed E-state index contributed by atoms with van der Waals surface area (Å²) in [6, 6.07) is 9.85. The minimum Gasteiger partial charge on any atom is -0.468 e. The van der Waals surface area contributed by atoms with Crippen LogP contribution in [-0.2, 0) is 25.9 Å². The van der Waals surface area contributed by atoms with E-state index < -0.39 is 27.5 Å². The second-order valence-corrected chi connectivity index (χ2v) is 9.27. The van der Waals surface area contributed by atoms with Gasteiger partial charge >= 0.3 is 5.97 Å². The van der Waals surface area contributed by atoms with Crippen LogP contribution in [0.2, 0.25) is 0 Å². The number of halogens is 1. The molecule has 10 heteroatoms. The van der Waals surface area contributed by atoms with Gasteiger partial charge in [-0.3, -0.25) is 9.59 Å². The van der Waals surface area contributed by atoms with E-state index in [1.807, 2.05) is 0 Å². The zero-order valence-electron chi connectivity index (χ0n) is 15.6. The third-order valence-corrected chi connectivity index (χ3v) is 7.00. The predicted octanol–water partition coefficient (Wildman–Crippen LogP) is 2.55. The molecule has 1 aromatic heterocycles. The lowest BCUT2D eigenvalue weighted by Gasteiger charge is -2.04. The van der Waals surface area contributed by atoms with Gasteiger partial charge in [-0.25, -0.2) is 12.8 Å². The SMILES string of the molecule is CCS(=O)(=O)c1ccc(C(=O)N=c2sc3cccc(F)c3n2CC(=O)OC)cc1. The summed E-state index contributed by atoms with van der Waals surface area (Å²) in [5.74, 6) is -1.86. The molecule has 3 aromatic rings. The Morgan fingerprint density at radius 3 is 2.48 bits per heavy atom. The van der Waals surface area contributed by atoms with Crippen molar-refractivity contribution < 1.29 is 27.1 Å². The molecule has 152 valence electrons. The van der Waals surface area contributed by atoms with Crippen LogP contribution >= 0.6 is 11.3 Å². The van der Waals surface area contributed by atoms with E-state index in [-0.39, 0.29) is 33.1 Å². The molecule has 0 unspecified atom stereocenters. The van der Waals surface area contributed by atoms with Crippen molar-refractivity contribution in [3.63, 3.8) is 0 Å². The molecule has 3 rings (SSSR count). The number of methoxy groups -OCH3 is 1. The van der Waals surface area contributed by atoms with Crippen molar-refractivity contribution in [2.75, 3.05) is 12.9 Å². The van der Waals surface area contributed by atoms with E-state index in [1.54, 1.807) is 6.07 Å². The Hall–Kier alpha value is -2.85. The summed E-state index contributed by atoms with van der Waals surface area (Å²) in [4.78, 5) is 28.6. The van der Waals surface area contributed by atoms with Crippen molar-refractivity contribution >= 4 is 43.3 Å². The average molecular weight is 436 g/mol. The van der Waals surface area contributed by atoms with Gasteiger partial charge in [-0.2, -0.15) is 4.99 Å². The van der Waals surface area contributed by atoms with Crippen LogP contribution in [0.4, 0.5) is 4.39 Å². The standard InChI is InChI=1S/C19H17FN2O5S2/c1-3-29(25,26)13-9-7-12(8-10-13)18(24)21-19-22(11-16(23)27-2)17-14(20)5-4-6-15(17)28-19/h4-10H,3,11H2,1-2H3. The fourth-order valence-electron chi connectivity index (χ4n) is 2.64. The first kappa shape index (κ1) is 20.9. The minimum atomic E-state index is -3.38. The highest BCUT2D eigenvalue weighted by Crippen LogP contribution is 2.21. The summed E-state index contributed by atoms with van der Waals surface area (Å²) in [6.45, 7) is 1.22. The number of rotatable bonds is 5. The molecular formula is C19H17FN2O5S2. The van der Waals surface area contributed by atoms with Gasteiger partial charge in [0.15, 0.2) is 14.6 Å². The van der Waals surface area contributed by atoms with Crippen LogP contribution in [-0.4, -0.2) is 37.7 Å². The number of nitrogens with zero attached hydrogens (tertiary/aromatic N) is 2. The van der Waals surface area contributed by atoms with Gasteiger partial charge in [0, 0.05) is 5.56 Å². The zero-order valence-corrected chi connectivity index (χ0v) is 17.2. The van der Waals surface area contributed by atoms with Gasteiger partial charge < -0.3 is 9.30 Å². The minimum absolute atomic E-state index is 0.0501. The highest BCUT2D eigenvalue weighted by atomic mass is 32.2. The largest absolute Gasteiger partial charge is 0.468 e. The molecule has 2 aromatic carbocycles. The molecule has 1 heterocycles.